The monoisotopic (exact) mass is 415 g/mol. The zero-order chi connectivity index (χ0) is 19.7. The molecule has 28 heavy (non-hydrogen) atoms. The molecule has 4 rings (SSSR count). The molecule has 0 spiro atoms. The molecule has 2 atom stereocenters. The summed E-state index contributed by atoms with van der Waals surface area (Å²) in [5.41, 5.74) is 12.6. The van der Waals surface area contributed by atoms with Crippen LogP contribution in [0.25, 0.3) is 10.9 Å². The number of rotatable bonds is 4. The Balaban J connectivity index is 1.40. The zero-order valence-electron chi connectivity index (χ0n) is 15.1. The molecule has 1 amide bonds. The normalized spacial score (nSPS) is 19.5. The summed E-state index contributed by atoms with van der Waals surface area (Å²) < 4.78 is 0. The number of aromatic nitrogens is 1. The number of hydrogen-bond acceptors (Lipinski definition) is 4. The Morgan fingerprint density at radius 3 is 2.86 bits per heavy atom. The smallest absolute Gasteiger partial charge is 0.258 e. The van der Waals surface area contributed by atoms with E-state index >= 15 is 0 Å². The first-order chi connectivity index (χ1) is 13.5. The van der Waals surface area contributed by atoms with Crippen LogP contribution in [0.3, 0.4) is 0 Å². The lowest BCUT2D eigenvalue weighted by atomic mass is 10.0. The van der Waals surface area contributed by atoms with Crippen molar-refractivity contribution < 1.29 is 4.79 Å². The molecule has 6 nitrogen and oxygen atoms in total. The van der Waals surface area contributed by atoms with E-state index in [0.717, 1.165) is 27.7 Å². The Morgan fingerprint density at radius 1 is 1.21 bits per heavy atom. The summed E-state index contributed by atoms with van der Waals surface area (Å²) in [7, 11) is 0. The quantitative estimate of drug-likeness (QED) is 0.385. The molecule has 2 unspecified atom stereocenters. The summed E-state index contributed by atoms with van der Waals surface area (Å²) in [6.07, 6.45) is 2.22. The van der Waals surface area contributed by atoms with Crippen LogP contribution in [0, 0.1) is 6.92 Å². The third-order valence-electron chi connectivity index (χ3n) is 4.87. The maximum atomic E-state index is 12.4. The van der Waals surface area contributed by atoms with Crippen LogP contribution in [0.5, 0.6) is 0 Å². The lowest BCUT2D eigenvalue weighted by Gasteiger charge is -2.11. The van der Waals surface area contributed by atoms with Crippen LogP contribution < -0.4 is 16.3 Å². The van der Waals surface area contributed by atoms with E-state index in [1.807, 2.05) is 37.3 Å². The number of hydrogen-bond donors (Lipinski definition) is 4. The second-order valence-electron chi connectivity index (χ2n) is 6.74. The Kier molecular flexibility index (Phi) is 5.37. The second kappa shape index (κ2) is 7.93. The van der Waals surface area contributed by atoms with Crippen molar-refractivity contribution in [2.24, 2.45) is 5.10 Å². The minimum absolute atomic E-state index is 0.0830. The van der Waals surface area contributed by atoms with Crippen LogP contribution in [-0.2, 0) is 4.79 Å². The highest BCUT2D eigenvalue weighted by Crippen LogP contribution is 2.30. The number of carbonyl (C=O) groups is 1. The van der Waals surface area contributed by atoms with Crippen LogP contribution >= 0.6 is 23.2 Å². The fourth-order valence-electron chi connectivity index (χ4n) is 3.42. The van der Waals surface area contributed by atoms with Crippen molar-refractivity contribution in [1.29, 1.82) is 0 Å². The molecule has 0 saturated carbocycles. The summed E-state index contributed by atoms with van der Waals surface area (Å²) in [6, 6.07) is 12.8. The molecule has 0 aliphatic carbocycles. The van der Waals surface area contributed by atoms with E-state index in [1.165, 1.54) is 0 Å². The summed E-state index contributed by atoms with van der Waals surface area (Å²) in [5, 5.41) is 6.36. The largest absolute Gasteiger partial charge is 0.358 e. The second-order valence-corrected chi connectivity index (χ2v) is 7.58. The number of fused-ring (bicyclic) bond motifs is 1. The van der Waals surface area contributed by atoms with Gasteiger partial charge in [-0.1, -0.05) is 47.5 Å². The number of nitrogens with one attached hydrogen (secondary N) is 4. The first kappa shape index (κ1) is 19.0. The van der Waals surface area contributed by atoms with Crippen LogP contribution in [0.15, 0.2) is 47.6 Å². The highest BCUT2D eigenvalue weighted by atomic mass is 35.5. The van der Waals surface area contributed by atoms with Gasteiger partial charge >= 0.3 is 0 Å². The molecule has 2 aromatic carbocycles. The Labute approximate surface area is 172 Å². The fraction of sp³-hybridized carbons (Fsp3) is 0.200. The van der Waals surface area contributed by atoms with E-state index in [1.54, 1.807) is 18.3 Å². The molecule has 1 fully saturated rings. The molecule has 8 heteroatoms. The van der Waals surface area contributed by atoms with E-state index in [4.69, 9.17) is 23.2 Å². The minimum atomic E-state index is -0.419. The Hall–Kier alpha value is -2.38. The van der Waals surface area contributed by atoms with E-state index in [2.05, 4.69) is 26.4 Å². The highest BCUT2D eigenvalue weighted by Gasteiger charge is 2.31. The van der Waals surface area contributed by atoms with Crippen molar-refractivity contribution in [2.45, 2.75) is 25.4 Å². The van der Waals surface area contributed by atoms with E-state index in [-0.39, 0.29) is 11.9 Å². The number of amides is 1. The van der Waals surface area contributed by atoms with Gasteiger partial charge in [-0.3, -0.25) is 4.79 Å². The molecule has 144 valence electrons. The minimum Gasteiger partial charge on any atom is -0.358 e. The first-order valence-corrected chi connectivity index (χ1v) is 9.65. The van der Waals surface area contributed by atoms with Crippen LogP contribution in [0.2, 0.25) is 10.0 Å². The van der Waals surface area contributed by atoms with Gasteiger partial charge in [0.05, 0.1) is 6.21 Å². The van der Waals surface area contributed by atoms with E-state index < -0.39 is 6.04 Å². The van der Waals surface area contributed by atoms with Gasteiger partial charge in [0.15, 0.2) is 0 Å². The van der Waals surface area contributed by atoms with Crippen molar-refractivity contribution in [2.75, 3.05) is 0 Å². The molecular weight excluding hydrogens is 397 g/mol. The molecule has 1 aromatic heterocycles. The number of hydrazone groups is 1. The summed E-state index contributed by atoms with van der Waals surface area (Å²) in [5.74, 6) is -0.214. The van der Waals surface area contributed by atoms with Gasteiger partial charge in [0.25, 0.3) is 5.91 Å². The molecule has 0 bridgehead atoms. The third kappa shape index (κ3) is 3.77. The SMILES string of the molecule is Cc1[nH]c2ccccc2c1/C=N/NC(=O)C1CC(c2ccc(Cl)cc2Cl)NN1. The number of aromatic amines is 1. The number of halogens is 2. The molecule has 1 saturated heterocycles. The van der Waals surface area contributed by atoms with Crippen molar-refractivity contribution in [1.82, 2.24) is 21.3 Å². The van der Waals surface area contributed by atoms with Crippen molar-refractivity contribution in [3.8, 4) is 0 Å². The van der Waals surface area contributed by atoms with Gasteiger partial charge in [-0.05, 0) is 37.1 Å². The average Bonchev–Trinajstić information content (AvgIpc) is 3.27. The van der Waals surface area contributed by atoms with Gasteiger partial charge in [-0.2, -0.15) is 5.10 Å². The van der Waals surface area contributed by atoms with Gasteiger partial charge < -0.3 is 4.98 Å². The first-order valence-electron chi connectivity index (χ1n) is 8.89. The van der Waals surface area contributed by atoms with Gasteiger partial charge in [0, 0.05) is 38.2 Å². The highest BCUT2D eigenvalue weighted by molar-refractivity contribution is 6.35. The average molecular weight is 416 g/mol. The lowest BCUT2D eigenvalue weighted by molar-refractivity contribution is -0.122. The Morgan fingerprint density at radius 2 is 2.04 bits per heavy atom. The van der Waals surface area contributed by atoms with Gasteiger partial charge in [-0.25, -0.2) is 16.3 Å². The topological polar surface area (TPSA) is 81.3 Å². The molecule has 4 N–H and O–H groups in total. The van der Waals surface area contributed by atoms with Crippen molar-refractivity contribution in [3.05, 3.63) is 69.3 Å². The number of carbonyl (C=O) groups excluding carboxylic acids is 1. The maximum Gasteiger partial charge on any atom is 0.258 e. The zero-order valence-corrected chi connectivity index (χ0v) is 16.6. The van der Waals surface area contributed by atoms with Gasteiger partial charge in [0.1, 0.15) is 6.04 Å². The van der Waals surface area contributed by atoms with Gasteiger partial charge in [-0.15, -0.1) is 0 Å². The van der Waals surface area contributed by atoms with Crippen LogP contribution in [0.4, 0.5) is 0 Å². The molecule has 1 aliphatic rings. The Bertz CT molecular complexity index is 1060. The van der Waals surface area contributed by atoms with Crippen LogP contribution in [-0.4, -0.2) is 23.1 Å². The predicted molar refractivity (Wildman–Crippen MR) is 113 cm³/mol. The van der Waals surface area contributed by atoms with E-state index in [0.29, 0.717) is 16.5 Å². The lowest BCUT2D eigenvalue weighted by Crippen LogP contribution is -2.41. The summed E-state index contributed by atoms with van der Waals surface area (Å²) in [6.45, 7) is 1.98. The standard InChI is InChI=1S/C20H19Cl2N5O/c1-11-15(13-4-2-3-5-17(13)24-11)10-23-27-20(28)19-9-18(25-26-19)14-7-6-12(21)8-16(14)22/h2-8,10,18-19,24-26H,9H2,1H3,(H,27,28)/b23-10+. The van der Waals surface area contributed by atoms with Crippen LogP contribution in [0.1, 0.15) is 29.3 Å². The molecule has 0 radical (unpaired) electrons. The number of nitrogens with zero attached hydrogens (tertiary/aromatic N) is 1. The van der Waals surface area contributed by atoms with E-state index in [9.17, 15) is 4.79 Å². The summed E-state index contributed by atoms with van der Waals surface area (Å²) in [4.78, 5) is 15.8. The molecule has 3 aromatic rings. The van der Waals surface area contributed by atoms with Crippen molar-refractivity contribution >= 4 is 46.2 Å². The summed E-state index contributed by atoms with van der Waals surface area (Å²) >= 11 is 12.2. The number of benzene rings is 2. The molecular formula is C20H19Cl2N5O. The maximum absolute atomic E-state index is 12.4. The number of para-hydroxylation sites is 1. The third-order valence-corrected chi connectivity index (χ3v) is 5.43. The van der Waals surface area contributed by atoms with Gasteiger partial charge in [0.2, 0.25) is 0 Å². The van der Waals surface area contributed by atoms with Crippen molar-refractivity contribution in [3.63, 3.8) is 0 Å². The fourth-order valence-corrected chi connectivity index (χ4v) is 3.96. The molecule has 2 heterocycles. The number of H-pyrrole nitrogens is 1. The number of hydrazine groups is 1. The molecule has 1 aliphatic heterocycles. The predicted octanol–water partition coefficient (Wildman–Crippen LogP) is 3.84. The number of aryl methyl sites for hydroxylation is 1.